The minimum atomic E-state index is -0.444. The normalized spacial score (nSPS) is 10.4. The first-order valence-electron chi connectivity index (χ1n) is 5.74. The highest BCUT2D eigenvalue weighted by atomic mass is 79.9. The van der Waals surface area contributed by atoms with Crippen molar-refractivity contribution in [1.29, 1.82) is 0 Å². The minimum Gasteiger partial charge on any atom is -0.487 e. The van der Waals surface area contributed by atoms with Crippen LogP contribution in [0.4, 0.5) is 5.69 Å². The Morgan fingerprint density at radius 1 is 1.39 bits per heavy atom. The Bertz CT molecular complexity index is 423. The first-order valence-corrected chi connectivity index (χ1v) is 6.53. The van der Waals surface area contributed by atoms with E-state index in [2.05, 4.69) is 15.9 Å². The number of hydrogen-bond donors (Lipinski definition) is 1. The van der Waals surface area contributed by atoms with E-state index in [0.29, 0.717) is 16.8 Å². The number of unbranched alkanes of at least 4 members (excludes halogenated alkanes) is 2. The highest BCUT2D eigenvalue weighted by Crippen LogP contribution is 2.34. The van der Waals surface area contributed by atoms with E-state index in [-0.39, 0.29) is 12.3 Å². The van der Waals surface area contributed by atoms with E-state index in [0.717, 1.165) is 24.8 Å². The third-order valence-corrected chi connectivity index (χ3v) is 2.92. The first-order chi connectivity index (χ1) is 8.56. The Hall–Kier alpha value is -1.14. The SMILES string of the molecule is Cc1cc(Br)cc([N+](=O)[O-])c1OCCCCCO. The Kier molecular flexibility index (Phi) is 6.07. The van der Waals surface area contributed by atoms with Crippen molar-refractivity contribution in [3.05, 3.63) is 32.3 Å². The van der Waals surface area contributed by atoms with Crippen LogP contribution in [0.2, 0.25) is 0 Å². The molecule has 1 aromatic carbocycles. The number of benzene rings is 1. The van der Waals surface area contributed by atoms with Crippen LogP contribution in [-0.4, -0.2) is 23.2 Å². The lowest BCUT2D eigenvalue weighted by Gasteiger charge is -2.09. The molecule has 0 aliphatic carbocycles. The minimum absolute atomic E-state index is 0.0240. The van der Waals surface area contributed by atoms with Gasteiger partial charge in [-0.05, 0) is 37.8 Å². The number of ether oxygens (including phenoxy) is 1. The van der Waals surface area contributed by atoms with Crippen LogP contribution in [-0.2, 0) is 0 Å². The summed E-state index contributed by atoms with van der Waals surface area (Å²) in [6.45, 7) is 2.36. The number of nitro benzene ring substituents is 1. The Morgan fingerprint density at radius 2 is 2.11 bits per heavy atom. The predicted molar refractivity (Wildman–Crippen MR) is 72.0 cm³/mol. The standard InChI is InChI=1S/C12H16BrNO4/c1-9-7-10(13)8-11(14(16)17)12(9)18-6-4-2-3-5-15/h7-8,15H,2-6H2,1H3. The summed E-state index contributed by atoms with van der Waals surface area (Å²) in [6.07, 6.45) is 2.35. The van der Waals surface area contributed by atoms with Gasteiger partial charge in [-0.2, -0.15) is 0 Å². The van der Waals surface area contributed by atoms with Crippen molar-refractivity contribution in [3.8, 4) is 5.75 Å². The molecule has 18 heavy (non-hydrogen) atoms. The fraction of sp³-hybridized carbons (Fsp3) is 0.500. The fourth-order valence-corrected chi connectivity index (χ4v) is 2.16. The molecule has 0 radical (unpaired) electrons. The molecule has 6 heteroatoms. The maximum Gasteiger partial charge on any atom is 0.312 e. The van der Waals surface area contributed by atoms with Crippen LogP contribution in [0.25, 0.3) is 0 Å². The van der Waals surface area contributed by atoms with Gasteiger partial charge in [0.05, 0.1) is 11.5 Å². The average molecular weight is 318 g/mol. The van der Waals surface area contributed by atoms with Gasteiger partial charge >= 0.3 is 5.69 Å². The van der Waals surface area contributed by atoms with Gasteiger partial charge in [0.15, 0.2) is 5.75 Å². The second kappa shape index (κ2) is 7.33. The molecule has 100 valence electrons. The van der Waals surface area contributed by atoms with Crippen molar-refractivity contribution >= 4 is 21.6 Å². The molecule has 0 saturated carbocycles. The lowest BCUT2D eigenvalue weighted by Crippen LogP contribution is -2.03. The molecule has 5 nitrogen and oxygen atoms in total. The van der Waals surface area contributed by atoms with Crippen molar-refractivity contribution in [2.75, 3.05) is 13.2 Å². The first kappa shape index (κ1) is 14.9. The van der Waals surface area contributed by atoms with Crippen LogP contribution in [0.3, 0.4) is 0 Å². The lowest BCUT2D eigenvalue weighted by molar-refractivity contribution is -0.386. The summed E-state index contributed by atoms with van der Waals surface area (Å²) in [5.74, 6) is 0.326. The summed E-state index contributed by atoms with van der Waals surface area (Å²) in [5.41, 5.74) is 0.710. The second-order valence-corrected chi connectivity index (χ2v) is 4.88. The molecule has 0 aliphatic heterocycles. The van der Waals surface area contributed by atoms with E-state index in [4.69, 9.17) is 9.84 Å². The Labute approximate surface area is 114 Å². The average Bonchev–Trinajstić information content (AvgIpc) is 2.30. The van der Waals surface area contributed by atoms with Gasteiger partial charge in [-0.1, -0.05) is 15.9 Å². The molecule has 0 spiro atoms. The van der Waals surface area contributed by atoms with E-state index in [1.807, 2.05) is 0 Å². The van der Waals surface area contributed by atoms with E-state index >= 15 is 0 Å². The van der Waals surface area contributed by atoms with E-state index in [1.54, 1.807) is 13.0 Å². The summed E-state index contributed by atoms with van der Waals surface area (Å²) in [7, 11) is 0. The number of halogens is 1. The van der Waals surface area contributed by atoms with Gasteiger partial charge in [0.25, 0.3) is 0 Å². The predicted octanol–water partition coefficient (Wildman–Crippen LogP) is 3.21. The maximum absolute atomic E-state index is 10.9. The van der Waals surface area contributed by atoms with Crippen LogP contribution in [0.1, 0.15) is 24.8 Å². The van der Waals surface area contributed by atoms with Gasteiger partial charge in [0.2, 0.25) is 0 Å². The topological polar surface area (TPSA) is 72.6 Å². The Morgan fingerprint density at radius 3 is 2.72 bits per heavy atom. The molecule has 0 aromatic heterocycles. The molecule has 0 fully saturated rings. The molecule has 0 saturated heterocycles. The van der Waals surface area contributed by atoms with Crippen molar-refractivity contribution in [3.63, 3.8) is 0 Å². The molecule has 1 N–H and O–H groups in total. The molecular weight excluding hydrogens is 302 g/mol. The number of aryl methyl sites for hydroxylation is 1. The van der Waals surface area contributed by atoms with Gasteiger partial charge in [-0.15, -0.1) is 0 Å². The molecule has 1 aromatic rings. The van der Waals surface area contributed by atoms with E-state index < -0.39 is 4.92 Å². The van der Waals surface area contributed by atoms with Gasteiger partial charge in [0.1, 0.15) is 0 Å². The fourth-order valence-electron chi connectivity index (χ4n) is 1.60. The molecule has 0 atom stereocenters. The van der Waals surface area contributed by atoms with Gasteiger partial charge in [-0.3, -0.25) is 10.1 Å². The number of aliphatic hydroxyl groups excluding tert-OH is 1. The van der Waals surface area contributed by atoms with Crippen molar-refractivity contribution in [2.45, 2.75) is 26.2 Å². The van der Waals surface area contributed by atoms with Crippen LogP contribution < -0.4 is 4.74 Å². The zero-order valence-electron chi connectivity index (χ0n) is 10.2. The number of rotatable bonds is 7. The molecule has 0 amide bonds. The summed E-state index contributed by atoms with van der Waals surface area (Å²) in [6, 6.07) is 3.23. The molecule has 0 unspecified atom stereocenters. The molecule has 0 heterocycles. The zero-order valence-corrected chi connectivity index (χ0v) is 11.8. The number of nitro groups is 1. The van der Waals surface area contributed by atoms with Crippen LogP contribution >= 0.6 is 15.9 Å². The quantitative estimate of drug-likeness (QED) is 0.476. The summed E-state index contributed by atoms with van der Waals surface area (Å²) >= 11 is 3.23. The highest BCUT2D eigenvalue weighted by Gasteiger charge is 2.18. The van der Waals surface area contributed by atoms with Crippen LogP contribution in [0.15, 0.2) is 16.6 Å². The van der Waals surface area contributed by atoms with Crippen molar-refractivity contribution in [1.82, 2.24) is 0 Å². The van der Waals surface area contributed by atoms with Gasteiger partial charge < -0.3 is 9.84 Å². The monoisotopic (exact) mass is 317 g/mol. The lowest BCUT2D eigenvalue weighted by atomic mass is 10.2. The summed E-state index contributed by atoms with van der Waals surface area (Å²) in [5, 5.41) is 19.6. The second-order valence-electron chi connectivity index (χ2n) is 3.96. The number of hydrogen-bond acceptors (Lipinski definition) is 4. The van der Waals surface area contributed by atoms with Crippen molar-refractivity contribution in [2.24, 2.45) is 0 Å². The van der Waals surface area contributed by atoms with Gasteiger partial charge in [-0.25, -0.2) is 0 Å². The zero-order chi connectivity index (χ0) is 13.5. The summed E-state index contributed by atoms with van der Waals surface area (Å²) in [4.78, 5) is 10.5. The van der Waals surface area contributed by atoms with E-state index in [9.17, 15) is 10.1 Å². The molecular formula is C12H16BrNO4. The molecule has 1 rings (SSSR count). The largest absolute Gasteiger partial charge is 0.487 e. The number of nitrogens with zero attached hydrogens (tertiary/aromatic N) is 1. The van der Waals surface area contributed by atoms with Crippen LogP contribution in [0, 0.1) is 17.0 Å². The maximum atomic E-state index is 10.9. The third kappa shape index (κ3) is 4.27. The number of aliphatic hydroxyl groups is 1. The van der Waals surface area contributed by atoms with Crippen LogP contribution in [0.5, 0.6) is 5.75 Å². The molecule has 0 aliphatic rings. The molecule has 0 bridgehead atoms. The summed E-state index contributed by atoms with van der Waals surface area (Å²) < 4.78 is 6.15. The van der Waals surface area contributed by atoms with Gasteiger partial charge in [0, 0.05) is 17.1 Å². The smallest absolute Gasteiger partial charge is 0.312 e. The Balaban J connectivity index is 2.71. The third-order valence-electron chi connectivity index (χ3n) is 2.47. The van der Waals surface area contributed by atoms with E-state index in [1.165, 1.54) is 6.07 Å². The highest BCUT2D eigenvalue weighted by molar-refractivity contribution is 9.10. The van der Waals surface area contributed by atoms with Crippen molar-refractivity contribution < 1.29 is 14.8 Å².